The largest absolute Gasteiger partial charge is 0.497 e. The van der Waals surface area contributed by atoms with E-state index in [9.17, 15) is 0 Å². The number of hydrogen-bond donors (Lipinski definition) is 0. The molecule has 0 radical (unpaired) electrons. The Hall–Kier alpha value is -2.92. The number of ether oxygens (including phenoxy) is 3. The van der Waals surface area contributed by atoms with Crippen LogP contribution < -0.4 is 14.4 Å². The predicted molar refractivity (Wildman–Crippen MR) is 101 cm³/mol. The second kappa shape index (κ2) is 7.14. The molecule has 0 aliphatic carbocycles. The van der Waals surface area contributed by atoms with Crippen molar-refractivity contribution in [3.05, 3.63) is 72.6 Å². The van der Waals surface area contributed by atoms with E-state index in [2.05, 4.69) is 34.0 Å². The van der Waals surface area contributed by atoms with Crippen molar-refractivity contribution in [2.24, 2.45) is 0 Å². The van der Waals surface area contributed by atoms with Gasteiger partial charge in [0, 0.05) is 41.9 Å². The van der Waals surface area contributed by atoms with Crippen LogP contribution in [0, 0.1) is 0 Å². The molecule has 3 aromatic rings. The molecule has 134 valence electrons. The first-order valence-electron chi connectivity index (χ1n) is 8.63. The standard InChI is InChI=1S/C21H22N2O3/c1-24-19-8-6-17(7-9-19)22-11-10-16(15-22)21-23(12-13-26-21)18-4-3-5-20(14-18)25-2/h3-11,14-15,21H,12-13H2,1-2H3/t21-/m0/s1. The summed E-state index contributed by atoms with van der Waals surface area (Å²) in [6, 6.07) is 18.2. The van der Waals surface area contributed by atoms with Crippen LogP contribution in [0.3, 0.4) is 0 Å². The lowest BCUT2D eigenvalue weighted by Gasteiger charge is -2.25. The Morgan fingerprint density at radius 2 is 1.73 bits per heavy atom. The average Bonchev–Trinajstić information content (AvgIpc) is 3.37. The van der Waals surface area contributed by atoms with Crippen LogP contribution in [0.1, 0.15) is 11.8 Å². The van der Waals surface area contributed by atoms with Gasteiger partial charge in [-0.1, -0.05) is 6.07 Å². The molecule has 1 aliphatic rings. The van der Waals surface area contributed by atoms with E-state index in [1.165, 1.54) is 0 Å². The third-order valence-electron chi connectivity index (χ3n) is 4.65. The molecule has 0 saturated carbocycles. The van der Waals surface area contributed by atoms with Crippen molar-refractivity contribution in [2.45, 2.75) is 6.23 Å². The van der Waals surface area contributed by atoms with Crippen molar-refractivity contribution < 1.29 is 14.2 Å². The van der Waals surface area contributed by atoms with E-state index in [1.807, 2.05) is 42.5 Å². The Bertz CT molecular complexity index is 873. The molecule has 0 spiro atoms. The van der Waals surface area contributed by atoms with Gasteiger partial charge in [-0.3, -0.25) is 0 Å². The van der Waals surface area contributed by atoms with Crippen molar-refractivity contribution in [3.8, 4) is 17.2 Å². The number of aromatic nitrogens is 1. The van der Waals surface area contributed by atoms with Crippen LogP contribution in [-0.4, -0.2) is 31.9 Å². The highest BCUT2D eigenvalue weighted by Gasteiger charge is 2.28. The van der Waals surface area contributed by atoms with Gasteiger partial charge < -0.3 is 23.7 Å². The van der Waals surface area contributed by atoms with Gasteiger partial charge in [-0.15, -0.1) is 0 Å². The summed E-state index contributed by atoms with van der Waals surface area (Å²) in [7, 11) is 3.36. The molecule has 1 aliphatic heterocycles. The van der Waals surface area contributed by atoms with Gasteiger partial charge in [0.25, 0.3) is 0 Å². The number of methoxy groups -OCH3 is 2. The van der Waals surface area contributed by atoms with E-state index in [0.717, 1.165) is 35.0 Å². The molecule has 1 saturated heterocycles. The van der Waals surface area contributed by atoms with Crippen LogP contribution >= 0.6 is 0 Å². The molecule has 1 atom stereocenters. The van der Waals surface area contributed by atoms with Gasteiger partial charge in [-0.25, -0.2) is 0 Å². The molecule has 1 fully saturated rings. The number of rotatable bonds is 5. The normalized spacial score (nSPS) is 16.7. The molecule has 2 aromatic carbocycles. The monoisotopic (exact) mass is 350 g/mol. The van der Waals surface area contributed by atoms with Gasteiger partial charge >= 0.3 is 0 Å². The fourth-order valence-corrected chi connectivity index (χ4v) is 3.27. The summed E-state index contributed by atoms with van der Waals surface area (Å²) < 4.78 is 18.7. The van der Waals surface area contributed by atoms with Crippen molar-refractivity contribution in [2.75, 3.05) is 32.3 Å². The van der Waals surface area contributed by atoms with Crippen LogP contribution in [0.2, 0.25) is 0 Å². The van der Waals surface area contributed by atoms with Crippen LogP contribution in [0.15, 0.2) is 67.0 Å². The average molecular weight is 350 g/mol. The summed E-state index contributed by atoms with van der Waals surface area (Å²) in [4.78, 5) is 2.26. The van der Waals surface area contributed by atoms with Gasteiger partial charge in [0.05, 0.1) is 20.8 Å². The molecule has 5 heteroatoms. The van der Waals surface area contributed by atoms with E-state index < -0.39 is 0 Å². The first-order chi connectivity index (χ1) is 12.8. The first-order valence-corrected chi connectivity index (χ1v) is 8.63. The second-order valence-corrected chi connectivity index (χ2v) is 6.17. The lowest BCUT2D eigenvalue weighted by atomic mass is 10.2. The van der Waals surface area contributed by atoms with E-state index in [-0.39, 0.29) is 6.23 Å². The van der Waals surface area contributed by atoms with Gasteiger partial charge in [-0.05, 0) is 42.5 Å². The zero-order valence-corrected chi connectivity index (χ0v) is 15.0. The highest BCUT2D eigenvalue weighted by Crippen LogP contribution is 2.34. The zero-order chi connectivity index (χ0) is 17.9. The second-order valence-electron chi connectivity index (χ2n) is 6.17. The molecular weight excluding hydrogens is 328 g/mol. The Morgan fingerprint density at radius 3 is 2.50 bits per heavy atom. The molecule has 0 bridgehead atoms. The topological polar surface area (TPSA) is 35.9 Å². The van der Waals surface area contributed by atoms with Crippen LogP contribution in [-0.2, 0) is 4.74 Å². The molecule has 5 nitrogen and oxygen atoms in total. The van der Waals surface area contributed by atoms with Crippen LogP contribution in [0.4, 0.5) is 5.69 Å². The van der Waals surface area contributed by atoms with E-state index in [4.69, 9.17) is 14.2 Å². The third kappa shape index (κ3) is 3.13. The van der Waals surface area contributed by atoms with Gasteiger partial charge in [-0.2, -0.15) is 0 Å². The third-order valence-corrected chi connectivity index (χ3v) is 4.65. The minimum atomic E-state index is -0.0957. The molecule has 26 heavy (non-hydrogen) atoms. The molecule has 2 heterocycles. The zero-order valence-electron chi connectivity index (χ0n) is 15.0. The molecule has 0 N–H and O–H groups in total. The van der Waals surface area contributed by atoms with E-state index in [1.54, 1.807) is 14.2 Å². The Kier molecular flexibility index (Phi) is 4.54. The van der Waals surface area contributed by atoms with Crippen molar-refractivity contribution in [3.63, 3.8) is 0 Å². The van der Waals surface area contributed by atoms with Crippen LogP contribution in [0.5, 0.6) is 11.5 Å². The minimum absolute atomic E-state index is 0.0957. The van der Waals surface area contributed by atoms with E-state index in [0.29, 0.717) is 6.61 Å². The maximum absolute atomic E-state index is 6.02. The quantitative estimate of drug-likeness (QED) is 0.696. The number of anilines is 1. The maximum Gasteiger partial charge on any atom is 0.158 e. The Labute approximate surface area is 153 Å². The highest BCUT2D eigenvalue weighted by atomic mass is 16.5. The Balaban J connectivity index is 1.59. The molecule has 4 rings (SSSR count). The minimum Gasteiger partial charge on any atom is -0.497 e. The predicted octanol–water partition coefficient (Wildman–Crippen LogP) is 4.03. The Morgan fingerprint density at radius 1 is 0.923 bits per heavy atom. The maximum atomic E-state index is 6.02. The lowest BCUT2D eigenvalue weighted by Crippen LogP contribution is -2.22. The number of hydrogen-bond acceptors (Lipinski definition) is 4. The molecule has 0 amide bonds. The molecule has 0 unspecified atom stereocenters. The molecule has 1 aromatic heterocycles. The molecular formula is C21H22N2O3. The summed E-state index contributed by atoms with van der Waals surface area (Å²) in [5.74, 6) is 1.70. The summed E-state index contributed by atoms with van der Waals surface area (Å²) in [6.07, 6.45) is 4.08. The van der Waals surface area contributed by atoms with Gasteiger partial charge in [0.2, 0.25) is 0 Å². The summed E-state index contributed by atoms with van der Waals surface area (Å²) in [5.41, 5.74) is 3.31. The smallest absolute Gasteiger partial charge is 0.158 e. The summed E-state index contributed by atoms with van der Waals surface area (Å²) in [5, 5.41) is 0. The fraction of sp³-hybridized carbons (Fsp3) is 0.238. The lowest BCUT2D eigenvalue weighted by molar-refractivity contribution is 0.114. The van der Waals surface area contributed by atoms with Crippen molar-refractivity contribution in [1.82, 2.24) is 4.57 Å². The SMILES string of the molecule is COc1ccc(-n2ccc([C@@H]3OCCN3c3cccc(OC)c3)c2)cc1. The van der Waals surface area contributed by atoms with Crippen molar-refractivity contribution >= 4 is 5.69 Å². The summed E-state index contributed by atoms with van der Waals surface area (Å²) in [6.45, 7) is 1.56. The van der Waals surface area contributed by atoms with Crippen molar-refractivity contribution in [1.29, 1.82) is 0 Å². The van der Waals surface area contributed by atoms with Gasteiger partial charge in [0.1, 0.15) is 11.5 Å². The van der Waals surface area contributed by atoms with Crippen LogP contribution in [0.25, 0.3) is 5.69 Å². The number of benzene rings is 2. The van der Waals surface area contributed by atoms with E-state index >= 15 is 0 Å². The fourth-order valence-electron chi connectivity index (χ4n) is 3.27. The first kappa shape index (κ1) is 16.5. The van der Waals surface area contributed by atoms with Gasteiger partial charge in [0.15, 0.2) is 6.23 Å². The summed E-state index contributed by atoms with van der Waals surface area (Å²) >= 11 is 0. The highest BCUT2D eigenvalue weighted by molar-refractivity contribution is 5.53. The number of nitrogens with zero attached hydrogens (tertiary/aromatic N) is 2.